The molecule has 1 aliphatic rings. The van der Waals surface area contributed by atoms with Gasteiger partial charge in [0.1, 0.15) is 0 Å². The van der Waals surface area contributed by atoms with Gasteiger partial charge in [-0.2, -0.15) is 0 Å². The van der Waals surface area contributed by atoms with E-state index in [0.29, 0.717) is 17.9 Å². The summed E-state index contributed by atoms with van der Waals surface area (Å²) in [6.07, 6.45) is 5.61. The van der Waals surface area contributed by atoms with E-state index in [1.807, 2.05) is 24.3 Å². The third-order valence-corrected chi connectivity index (χ3v) is 3.38. The molecule has 3 nitrogen and oxygen atoms in total. The molecule has 18 heavy (non-hydrogen) atoms. The van der Waals surface area contributed by atoms with Gasteiger partial charge in [-0.3, -0.25) is 4.79 Å². The van der Waals surface area contributed by atoms with Gasteiger partial charge < -0.3 is 10.4 Å². The van der Waals surface area contributed by atoms with Gasteiger partial charge in [0.25, 0.3) is 0 Å². The van der Waals surface area contributed by atoms with Crippen molar-refractivity contribution in [2.45, 2.75) is 24.8 Å². The first-order valence-corrected chi connectivity index (χ1v) is 6.33. The van der Waals surface area contributed by atoms with Crippen molar-refractivity contribution in [3.05, 3.63) is 47.0 Å². The second-order valence-corrected chi connectivity index (χ2v) is 5.11. The van der Waals surface area contributed by atoms with Crippen LogP contribution in [0, 0.1) is 0 Å². The zero-order chi connectivity index (χ0) is 13.0. The molecule has 0 atom stereocenters. The number of hydrogen-bond acceptors (Lipinski definition) is 2. The summed E-state index contributed by atoms with van der Waals surface area (Å²) in [6.45, 7) is -0.0404. The fourth-order valence-electron chi connectivity index (χ4n) is 2.14. The third-order valence-electron chi connectivity index (χ3n) is 3.14. The highest BCUT2D eigenvalue weighted by atomic mass is 35.5. The Hall–Kier alpha value is -1.32. The Morgan fingerprint density at radius 1 is 1.39 bits per heavy atom. The fraction of sp³-hybridized carbons (Fsp3) is 0.357. The molecule has 1 aromatic carbocycles. The number of amides is 1. The number of hydrogen-bond donors (Lipinski definition) is 2. The van der Waals surface area contributed by atoms with Crippen molar-refractivity contribution in [3.8, 4) is 0 Å². The molecule has 0 aliphatic heterocycles. The zero-order valence-electron chi connectivity index (χ0n) is 10.0. The number of aliphatic hydroxyl groups excluding tert-OH is 1. The van der Waals surface area contributed by atoms with Crippen LogP contribution in [0.5, 0.6) is 0 Å². The number of aliphatic hydroxyl groups is 1. The van der Waals surface area contributed by atoms with Gasteiger partial charge >= 0.3 is 0 Å². The van der Waals surface area contributed by atoms with Crippen LogP contribution in [0.1, 0.15) is 18.4 Å². The van der Waals surface area contributed by atoms with Gasteiger partial charge in [0.2, 0.25) is 5.91 Å². The fourth-order valence-corrected chi connectivity index (χ4v) is 2.36. The van der Waals surface area contributed by atoms with E-state index in [1.54, 1.807) is 12.1 Å². The lowest BCUT2D eigenvalue weighted by molar-refractivity contribution is -0.122. The van der Waals surface area contributed by atoms with Gasteiger partial charge in [0.05, 0.1) is 18.6 Å². The Morgan fingerprint density at radius 2 is 2.11 bits per heavy atom. The molecule has 2 rings (SSSR count). The number of nitrogens with one attached hydrogen (secondary N) is 1. The molecular weight excluding hydrogens is 250 g/mol. The van der Waals surface area contributed by atoms with Crippen LogP contribution in [0.3, 0.4) is 0 Å². The van der Waals surface area contributed by atoms with Crippen molar-refractivity contribution in [1.29, 1.82) is 0 Å². The average Bonchev–Trinajstić information content (AvgIpc) is 2.78. The van der Waals surface area contributed by atoms with E-state index in [4.69, 9.17) is 11.6 Å². The summed E-state index contributed by atoms with van der Waals surface area (Å²) in [5.74, 6) is -0.0879. The van der Waals surface area contributed by atoms with Crippen molar-refractivity contribution >= 4 is 17.5 Å². The highest BCUT2D eigenvalue weighted by molar-refractivity contribution is 6.30. The molecule has 0 heterocycles. The van der Waals surface area contributed by atoms with E-state index in [2.05, 4.69) is 5.32 Å². The lowest BCUT2D eigenvalue weighted by Crippen LogP contribution is -2.50. The molecule has 96 valence electrons. The van der Waals surface area contributed by atoms with E-state index in [0.717, 1.165) is 5.56 Å². The maximum atomic E-state index is 12.0. The highest BCUT2D eigenvalue weighted by Gasteiger charge is 2.31. The van der Waals surface area contributed by atoms with Gasteiger partial charge in [0.15, 0.2) is 0 Å². The van der Waals surface area contributed by atoms with Gasteiger partial charge in [-0.25, -0.2) is 0 Å². The maximum absolute atomic E-state index is 12.0. The van der Waals surface area contributed by atoms with Crippen LogP contribution < -0.4 is 5.32 Å². The zero-order valence-corrected chi connectivity index (χ0v) is 10.8. The number of halogens is 1. The van der Waals surface area contributed by atoms with Crippen molar-refractivity contribution in [1.82, 2.24) is 5.32 Å². The molecule has 1 aliphatic carbocycles. The van der Waals surface area contributed by atoms with Crippen molar-refractivity contribution in [3.63, 3.8) is 0 Å². The van der Waals surface area contributed by atoms with E-state index in [-0.39, 0.29) is 18.9 Å². The molecule has 1 aromatic rings. The van der Waals surface area contributed by atoms with Crippen LogP contribution in [-0.2, 0) is 11.2 Å². The molecule has 1 amide bonds. The normalized spacial score (nSPS) is 16.8. The molecule has 0 bridgehead atoms. The Labute approximate surface area is 111 Å². The number of rotatable bonds is 4. The van der Waals surface area contributed by atoms with Crippen LogP contribution in [0.4, 0.5) is 0 Å². The Kier molecular flexibility index (Phi) is 4.04. The molecule has 0 radical (unpaired) electrons. The second kappa shape index (κ2) is 5.55. The molecule has 0 fully saturated rings. The number of carbonyl (C=O) groups excluding carboxylic acids is 1. The summed E-state index contributed by atoms with van der Waals surface area (Å²) < 4.78 is 0. The molecule has 0 spiro atoms. The summed E-state index contributed by atoms with van der Waals surface area (Å²) in [4.78, 5) is 12.0. The van der Waals surface area contributed by atoms with E-state index < -0.39 is 5.54 Å². The minimum absolute atomic E-state index is 0.0404. The summed E-state index contributed by atoms with van der Waals surface area (Å²) in [5.41, 5.74) is 0.370. The predicted molar refractivity (Wildman–Crippen MR) is 71.5 cm³/mol. The SMILES string of the molecule is O=C(Cc1cccc(Cl)c1)NC1(CO)CC=CC1. The Bertz CT molecular complexity index is 463. The molecule has 0 saturated carbocycles. The summed E-state index contributed by atoms with van der Waals surface area (Å²) in [5, 5.41) is 12.9. The lowest BCUT2D eigenvalue weighted by atomic mass is 9.97. The minimum atomic E-state index is -0.504. The molecule has 0 saturated heterocycles. The van der Waals surface area contributed by atoms with Crippen molar-refractivity contribution in [2.24, 2.45) is 0 Å². The van der Waals surface area contributed by atoms with Gasteiger partial charge in [0, 0.05) is 5.02 Å². The van der Waals surface area contributed by atoms with Gasteiger partial charge in [-0.15, -0.1) is 0 Å². The molecule has 2 N–H and O–H groups in total. The Morgan fingerprint density at radius 3 is 2.72 bits per heavy atom. The third kappa shape index (κ3) is 3.12. The van der Waals surface area contributed by atoms with Crippen molar-refractivity contribution in [2.75, 3.05) is 6.61 Å². The molecule has 0 aromatic heterocycles. The van der Waals surface area contributed by atoms with E-state index >= 15 is 0 Å². The second-order valence-electron chi connectivity index (χ2n) is 4.67. The van der Waals surface area contributed by atoms with Crippen molar-refractivity contribution < 1.29 is 9.90 Å². The first-order chi connectivity index (χ1) is 8.63. The minimum Gasteiger partial charge on any atom is -0.394 e. The smallest absolute Gasteiger partial charge is 0.224 e. The summed E-state index contributed by atoms with van der Waals surface area (Å²) in [6, 6.07) is 7.24. The average molecular weight is 266 g/mol. The predicted octanol–water partition coefficient (Wildman–Crippen LogP) is 2.08. The number of benzene rings is 1. The maximum Gasteiger partial charge on any atom is 0.224 e. The van der Waals surface area contributed by atoms with Crippen LogP contribution in [0.15, 0.2) is 36.4 Å². The Balaban J connectivity index is 1.96. The summed E-state index contributed by atoms with van der Waals surface area (Å²) >= 11 is 5.87. The number of carbonyl (C=O) groups is 1. The summed E-state index contributed by atoms with van der Waals surface area (Å²) in [7, 11) is 0. The highest BCUT2D eigenvalue weighted by Crippen LogP contribution is 2.23. The van der Waals surface area contributed by atoms with Crippen LogP contribution >= 0.6 is 11.6 Å². The standard InChI is InChI=1S/C14H16ClNO2/c15-12-5-3-4-11(8-12)9-13(18)16-14(10-17)6-1-2-7-14/h1-5,8,17H,6-7,9-10H2,(H,16,18). The largest absolute Gasteiger partial charge is 0.394 e. The van der Waals surface area contributed by atoms with Crippen LogP contribution in [-0.4, -0.2) is 23.2 Å². The topological polar surface area (TPSA) is 49.3 Å². The quantitative estimate of drug-likeness (QED) is 0.819. The molecule has 0 unspecified atom stereocenters. The molecule has 4 heteroatoms. The van der Waals surface area contributed by atoms with Crippen LogP contribution in [0.2, 0.25) is 5.02 Å². The molecular formula is C14H16ClNO2. The van der Waals surface area contributed by atoms with Gasteiger partial charge in [-0.05, 0) is 30.5 Å². The van der Waals surface area contributed by atoms with E-state index in [1.165, 1.54) is 0 Å². The van der Waals surface area contributed by atoms with Gasteiger partial charge in [-0.1, -0.05) is 35.9 Å². The van der Waals surface area contributed by atoms with Crippen LogP contribution in [0.25, 0.3) is 0 Å². The monoisotopic (exact) mass is 265 g/mol. The van der Waals surface area contributed by atoms with E-state index in [9.17, 15) is 9.90 Å². The first-order valence-electron chi connectivity index (χ1n) is 5.95. The first kappa shape index (κ1) is 13.1. The lowest BCUT2D eigenvalue weighted by Gasteiger charge is -2.28.